The van der Waals surface area contributed by atoms with Crippen molar-refractivity contribution in [2.45, 2.75) is 110 Å². The van der Waals surface area contributed by atoms with Crippen molar-refractivity contribution in [1.82, 2.24) is 26.1 Å². The van der Waals surface area contributed by atoms with Gasteiger partial charge in [0.2, 0.25) is 5.91 Å². The van der Waals surface area contributed by atoms with Crippen LogP contribution in [0.3, 0.4) is 0 Å². The van der Waals surface area contributed by atoms with Crippen LogP contribution in [-0.4, -0.2) is 114 Å². The number of carbonyl (C=O) groups excluding carboxylic acids is 6. The second kappa shape index (κ2) is 26.2. The Bertz CT molecular complexity index is 1710. The summed E-state index contributed by atoms with van der Waals surface area (Å²) in [6.07, 6.45) is 12.4. The molecule has 7 atom stereocenters. The van der Waals surface area contributed by atoms with Gasteiger partial charge in [-0.15, -0.1) is 0 Å². The van der Waals surface area contributed by atoms with Gasteiger partial charge in [-0.3, -0.25) is 29.0 Å². The number of carbonyl (C=O) groups is 6. The molecule has 0 bridgehead atoms. The van der Waals surface area contributed by atoms with Crippen molar-refractivity contribution >= 4 is 35.8 Å². The third-order valence-electron chi connectivity index (χ3n) is 10.2. The van der Waals surface area contributed by atoms with E-state index in [0.29, 0.717) is 31.1 Å². The number of aromatic hydroxyl groups is 1. The molecule has 1 saturated heterocycles. The molecule has 6 unspecified atom stereocenters. The van der Waals surface area contributed by atoms with Gasteiger partial charge in [0.1, 0.15) is 41.8 Å². The molecule has 0 spiro atoms. The normalized spacial score (nSPS) is 17.9. The Balaban J connectivity index is 2.26. The Morgan fingerprint density at radius 3 is 2.35 bits per heavy atom. The maximum atomic E-state index is 14.2. The molecule has 1 fully saturated rings. The zero-order chi connectivity index (χ0) is 44.9. The van der Waals surface area contributed by atoms with E-state index in [1.807, 2.05) is 26.8 Å². The average molecular weight is 842 g/mol. The molecule has 0 radical (unpaired) electrons. The lowest BCUT2D eigenvalue weighted by Gasteiger charge is -2.36. The fraction of sp³-hybridized carbons (Fsp3) is 0.545. The molecule has 60 heavy (non-hydrogen) atoms. The summed E-state index contributed by atoms with van der Waals surface area (Å²) in [5, 5.41) is 28.7. The maximum absolute atomic E-state index is 14.2. The number of phenols is 1. The Morgan fingerprint density at radius 2 is 1.75 bits per heavy atom. The lowest BCUT2D eigenvalue weighted by Crippen LogP contribution is -2.61. The number of ketones is 1. The van der Waals surface area contributed by atoms with Crippen molar-refractivity contribution in [3.05, 3.63) is 77.7 Å². The highest BCUT2D eigenvalue weighted by Crippen LogP contribution is 2.22. The average Bonchev–Trinajstić information content (AvgIpc) is 3.20. The number of nitrogens with zero attached hydrogens (tertiary/aromatic N) is 2. The van der Waals surface area contributed by atoms with Gasteiger partial charge in [-0.25, -0.2) is 14.9 Å². The first-order valence-corrected chi connectivity index (χ1v) is 20.3. The highest BCUT2D eigenvalue weighted by Gasteiger charge is 2.35. The van der Waals surface area contributed by atoms with Crippen molar-refractivity contribution < 1.29 is 52.9 Å². The van der Waals surface area contributed by atoms with Crippen LogP contribution in [0.25, 0.3) is 0 Å². The van der Waals surface area contributed by atoms with Crippen LogP contribution in [0.1, 0.15) is 78.7 Å². The van der Waals surface area contributed by atoms with E-state index in [1.54, 1.807) is 38.3 Å². The van der Waals surface area contributed by atoms with Crippen molar-refractivity contribution in [2.75, 3.05) is 27.7 Å². The van der Waals surface area contributed by atoms with E-state index in [2.05, 4.69) is 16.1 Å². The van der Waals surface area contributed by atoms with Crippen LogP contribution in [-0.2, 0) is 44.8 Å². The summed E-state index contributed by atoms with van der Waals surface area (Å²) in [4.78, 5) is 81.1. The fourth-order valence-electron chi connectivity index (χ4n) is 6.56. The van der Waals surface area contributed by atoms with Crippen LogP contribution in [0.4, 0.5) is 4.39 Å². The van der Waals surface area contributed by atoms with Crippen molar-refractivity contribution in [3.8, 4) is 5.75 Å². The second-order valence-corrected chi connectivity index (χ2v) is 15.5. The first kappa shape index (κ1) is 51.1. The molecule has 2 rings (SSSR count). The number of likely N-dealkylation sites (N-methyl/N-ethyl adjacent to an activating group) is 2. The SMILES string of the molecule is CNC(C(=O)NC(Cc1cc(O)cc(F)c1)C(=O)N1CCCC(C(=O)O[C@@H](C/C=C/C=C/CC(C)C(O)C(C=O)CCC(C)=O)/C(C)=C/C=C/C(=O)N(C)OC)N1)C(C)C. The minimum Gasteiger partial charge on any atom is -0.508 e. The number of allylic oxidation sites excluding steroid dienone is 5. The number of hydrogen-bond donors (Lipinski definition) is 5. The van der Waals surface area contributed by atoms with E-state index in [9.17, 15) is 43.4 Å². The Hall–Kier alpha value is -5.03. The molecule has 0 saturated carbocycles. The number of esters is 1. The summed E-state index contributed by atoms with van der Waals surface area (Å²) in [5.74, 6) is -4.16. The highest BCUT2D eigenvalue weighted by molar-refractivity contribution is 5.90. The van der Waals surface area contributed by atoms with Crippen molar-refractivity contribution in [1.29, 1.82) is 0 Å². The zero-order valence-corrected chi connectivity index (χ0v) is 36.1. The van der Waals surface area contributed by atoms with Crippen LogP contribution in [0.5, 0.6) is 5.75 Å². The minimum absolute atomic E-state index is 0.0472. The van der Waals surface area contributed by atoms with Crippen LogP contribution in [0.2, 0.25) is 0 Å². The molecule has 1 aliphatic rings. The zero-order valence-electron chi connectivity index (χ0n) is 36.1. The van der Waals surface area contributed by atoms with Gasteiger partial charge in [0.15, 0.2) is 0 Å². The van der Waals surface area contributed by atoms with Gasteiger partial charge in [-0.1, -0.05) is 57.2 Å². The first-order valence-electron chi connectivity index (χ1n) is 20.3. The number of amides is 3. The van der Waals surface area contributed by atoms with E-state index >= 15 is 0 Å². The van der Waals surface area contributed by atoms with Crippen LogP contribution < -0.4 is 16.1 Å². The minimum atomic E-state index is -1.18. The molecule has 5 N–H and O–H groups in total. The molecule has 0 aliphatic carbocycles. The van der Waals surface area contributed by atoms with Crippen LogP contribution >= 0.6 is 0 Å². The second-order valence-electron chi connectivity index (χ2n) is 15.5. The molecule has 3 amide bonds. The van der Waals surface area contributed by atoms with Gasteiger partial charge in [-0.2, -0.15) is 0 Å². The Kier molecular flexibility index (Phi) is 22.4. The van der Waals surface area contributed by atoms with E-state index in [-0.39, 0.29) is 61.2 Å². The monoisotopic (exact) mass is 841 g/mol. The quantitative estimate of drug-likeness (QED) is 0.0332. The molecular weight excluding hydrogens is 778 g/mol. The van der Waals surface area contributed by atoms with Crippen molar-refractivity contribution in [2.24, 2.45) is 17.8 Å². The van der Waals surface area contributed by atoms with E-state index in [4.69, 9.17) is 9.57 Å². The van der Waals surface area contributed by atoms with Gasteiger partial charge in [-0.05, 0) is 81.7 Å². The molecule has 332 valence electrons. The molecular formula is C44H64FN5O10. The number of halogens is 1. The smallest absolute Gasteiger partial charge is 0.325 e. The number of aliphatic hydroxyl groups excluding tert-OH is 1. The number of rotatable bonds is 24. The predicted molar refractivity (Wildman–Crippen MR) is 224 cm³/mol. The number of hydrogen-bond acceptors (Lipinski definition) is 12. The number of phenolic OH excluding ortho intramolecular Hbond substituents is 1. The number of ether oxygens (including phenoxy) is 1. The number of aliphatic hydroxyl groups is 1. The molecule has 16 heteroatoms. The number of nitrogens with one attached hydrogen (secondary N) is 3. The van der Waals surface area contributed by atoms with Crippen molar-refractivity contribution in [3.63, 3.8) is 0 Å². The molecule has 1 aromatic rings. The van der Waals surface area contributed by atoms with Gasteiger partial charge >= 0.3 is 5.97 Å². The molecule has 0 aromatic heterocycles. The van der Waals surface area contributed by atoms with E-state index in [1.165, 1.54) is 50.4 Å². The molecule has 1 heterocycles. The number of Topliss-reactive ketones (excluding diaryl/α,β-unsaturated/α-hetero) is 1. The summed E-state index contributed by atoms with van der Waals surface area (Å²) in [5.41, 5.74) is 3.85. The summed E-state index contributed by atoms with van der Waals surface area (Å²) >= 11 is 0. The lowest BCUT2D eigenvalue weighted by molar-refractivity contribution is -0.162. The fourth-order valence-corrected chi connectivity index (χ4v) is 6.56. The predicted octanol–water partition coefficient (Wildman–Crippen LogP) is 3.81. The van der Waals surface area contributed by atoms with Crippen LogP contribution in [0.15, 0.2) is 66.3 Å². The van der Waals surface area contributed by atoms with Gasteiger partial charge in [0.05, 0.1) is 19.3 Å². The number of benzene rings is 1. The van der Waals surface area contributed by atoms with E-state index < -0.39 is 65.8 Å². The van der Waals surface area contributed by atoms with Gasteiger partial charge in [0.25, 0.3) is 11.8 Å². The Morgan fingerprint density at radius 1 is 1.07 bits per heavy atom. The van der Waals surface area contributed by atoms with Gasteiger partial charge < -0.3 is 35.2 Å². The topological polar surface area (TPSA) is 204 Å². The molecule has 1 aromatic carbocycles. The lowest BCUT2D eigenvalue weighted by atomic mass is 9.87. The summed E-state index contributed by atoms with van der Waals surface area (Å²) in [6.45, 7) is 8.91. The third kappa shape index (κ3) is 17.3. The largest absolute Gasteiger partial charge is 0.508 e. The maximum Gasteiger partial charge on any atom is 0.325 e. The number of hydroxylamine groups is 2. The van der Waals surface area contributed by atoms with Crippen LogP contribution in [0, 0.1) is 23.6 Å². The molecule has 15 nitrogen and oxygen atoms in total. The highest BCUT2D eigenvalue weighted by atomic mass is 19.1. The Labute approximate surface area is 353 Å². The molecule has 1 aliphatic heterocycles. The summed E-state index contributed by atoms with van der Waals surface area (Å²) < 4.78 is 20.2. The first-order chi connectivity index (χ1) is 28.4. The van der Waals surface area contributed by atoms with E-state index in [0.717, 1.165) is 11.1 Å². The summed E-state index contributed by atoms with van der Waals surface area (Å²) in [6, 6.07) is 0.668. The third-order valence-corrected chi connectivity index (χ3v) is 10.2. The van der Waals surface area contributed by atoms with Gasteiger partial charge in [0, 0.05) is 50.9 Å². The summed E-state index contributed by atoms with van der Waals surface area (Å²) in [7, 11) is 4.44. The standard InChI is InChI=1S/C44H64FN5O10/c1-28(2)40(46-6)42(56)47-37(25-32-23-34(45)26-35(53)24-32)43(57)50-22-14-17-36(48-50)44(58)60-38(29(3)16-13-19-39(54)49(7)59-8)18-12-10-9-11-15-30(4)41(55)33(27-51)21-20-31(5)52/h9-13,16,19,23-24,26-28,30,33,36-38,40-41,46,48,53,55H,14-15,17-18,20-22,25H2,1-8H3,(H,47,56)/b11-9+,12-10+,19-13+,29-16+/t30?,33?,36?,37?,38-,40?,41?/m0/s1. The number of aldehydes is 1. The number of hydrazine groups is 1.